The van der Waals surface area contributed by atoms with Crippen LogP contribution in [0.2, 0.25) is 0 Å². The summed E-state index contributed by atoms with van der Waals surface area (Å²) in [5.41, 5.74) is 0. The minimum absolute atomic E-state index is 0.0658. The number of piperazine rings is 1. The topological polar surface area (TPSA) is 49.4 Å². The Morgan fingerprint density at radius 3 is 3.08 bits per heavy atom. The molecule has 0 aromatic heterocycles. The molecule has 0 aliphatic carbocycles. The van der Waals surface area contributed by atoms with Gasteiger partial charge in [-0.2, -0.15) is 0 Å². The first-order valence-corrected chi connectivity index (χ1v) is 4.41. The van der Waals surface area contributed by atoms with Crippen molar-refractivity contribution in [2.45, 2.75) is 19.4 Å². The molecule has 2 amide bonds. The molecule has 13 heavy (non-hydrogen) atoms. The predicted octanol–water partition coefficient (Wildman–Crippen LogP) is -0.0906. The maximum Gasteiger partial charge on any atom is 0.246 e. The van der Waals surface area contributed by atoms with Crippen LogP contribution in [0.25, 0.3) is 0 Å². The molecule has 1 aliphatic heterocycles. The second kappa shape index (κ2) is 4.07. The number of carbonyl (C=O) groups is 2. The van der Waals surface area contributed by atoms with Gasteiger partial charge in [0.15, 0.2) is 0 Å². The average molecular weight is 182 g/mol. The van der Waals surface area contributed by atoms with Crippen LogP contribution in [0, 0.1) is 0 Å². The minimum Gasteiger partial charge on any atom is -0.353 e. The Balaban J connectivity index is 2.75. The molecular weight excluding hydrogens is 168 g/mol. The van der Waals surface area contributed by atoms with Crippen LogP contribution < -0.4 is 5.32 Å². The van der Waals surface area contributed by atoms with Crippen LogP contribution in [-0.4, -0.2) is 35.8 Å². The standard InChI is InChI=1S/C9H14N2O2/c1-3-7-9(13)10-5-6-11(7)8(12)4-2/h4,7H,2-3,5-6H2,1H3,(H,10,13). The van der Waals surface area contributed by atoms with Gasteiger partial charge in [0.2, 0.25) is 11.8 Å². The van der Waals surface area contributed by atoms with E-state index >= 15 is 0 Å². The van der Waals surface area contributed by atoms with Crippen molar-refractivity contribution >= 4 is 11.8 Å². The minimum atomic E-state index is -0.320. The summed E-state index contributed by atoms with van der Waals surface area (Å²) in [6.45, 7) is 6.41. The zero-order valence-corrected chi connectivity index (χ0v) is 7.75. The lowest BCUT2D eigenvalue weighted by Gasteiger charge is -2.33. The van der Waals surface area contributed by atoms with Crippen molar-refractivity contribution in [1.82, 2.24) is 10.2 Å². The van der Waals surface area contributed by atoms with E-state index in [1.165, 1.54) is 6.08 Å². The van der Waals surface area contributed by atoms with Gasteiger partial charge < -0.3 is 10.2 Å². The molecule has 1 heterocycles. The fourth-order valence-corrected chi connectivity index (χ4v) is 1.50. The Morgan fingerprint density at radius 2 is 2.54 bits per heavy atom. The van der Waals surface area contributed by atoms with Crippen molar-refractivity contribution in [3.8, 4) is 0 Å². The van der Waals surface area contributed by atoms with Crippen LogP contribution in [0.4, 0.5) is 0 Å². The highest BCUT2D eigenvalue weighted by Crippen LogP contribution is 2.08. The molecule has 0 aromatic rings. The number of rotatable bonds is 2. The molecule has 1 atom stereocenters. The summed E-state index contributed by atoms with van der Waals surface area (Å²) < 4.78 is 0. The van der Waals surface area contributed by atoms with Crippen molar-refractivity contribution in [2.24, 2.45) is 0 Å². The lowest BCUT2D eigenvalue weighted by atomic mass is 10.1. The van der Waals surface area contributed by atoms with E-state index in [2.05, 4.69) is 11.9 Å². The smallest absolute Gasteiger partial charge is 0.246 e. The Hall–Kier alpha value is -1.32. The zero-order valence-electron chi connectivity index (χ0n) is 7.75. The number of nitrogens with zero attached hydrogens (tertiary/aromatic N) is 1. The largest absolute Gasteiger partial charge is 0.353 e. The van der Waals surface area contributed by atoms with Crippen LogP contribution in [0.3, 0.4) is 0 Å². The maximum absolute atomic E-state index is 11.3. The van der Waals surface area contributed by atoms with E-state index in [1.54, 1.807) is 4.90 Å². The maximum atomic E-state index is 11.3. The molecule has 72 valence electrons. The van der Waals surface area contributed by atoms with Gasteiger partial charge in [-0.05, 0) is 12.5 Å². The quantitative estimate of drug-likeness (QED) is 0.607. The first-order valence-electron chi connectivity index (χ1n) is 4.41. The van der Waals surface area contributed by atoms with Gasteiger partial charge >= 0.3 is 0 Å². The lowest BCUT2D eigenvalue weighted by molar-refractivity contribution is -0.140. The third kappa shape index (κ3) is 1.88. The summed E-state index contributed by atoms with van der Waals surface area (Å²) in [7, 11) is 0. The summed E-state index contributed by atoms with van der Waals surface area (Å²) in [5, 5.41) is 2.72. The van der Waals surface area contributed by atoms with Gasteiger partial charge in [-0.25, -0.2) is 0 Å². The van der Waals surface area contributed by atoms with E-state index < -0.39 is 0 Å². The summed E-state index contributed by atoms with van der Waals surface area (Å²) in [4.78, 5) is 24.2. The third-order valence-electron chi connectivity index (χ3n) is 2.18. The molecule has 1 N–H and O–H groups in total. The van der Waals surface area contributed by atoms with E-state index in [1.807, 2.05) is 6.92 Å². The Labute approximate surface area is 77.6 Å². The van der Waals surface area contributed by atoms with Crippen LogP contribution in [0.5, 0.6) is 0 Å². The molecule has 0 spiro atoms. The van der Waals surface area contributed by atoms with Crippen LogP contribution in [-0.2, 0) is 9.59 Å². The molecule has 4 heteroatoms. The van der Waals surface area contributed by atoms with Gasteiger partial charge in [0.25, 0.3) is 0 Å². The highest BCUT2D eigenvalue weighted by molar-refractivity contribution is 5.93. The van der Waals surface area contributed by atoms with Crippen molar-refractivity contribution in [3.63, 3.8) is 0 Å². The summed E-state index contributed by atoms with van der Waals surface area (Å²) in [6, 6.07) is -0.320. The monoisotopic (exact) mass is 182 g/mol. The van der Waals surface area contributed by atoms with Gasteiger partial charge in [-0.3, -0.25) is 9.59 Å². The second-order valence-corrected chi connectivity index (χ2v) is 2.95. The van der Waals surface area contributed by atoms with Crippen molar-refractivity contribution < 1.29 is 9.59 Å². The molecule has 1 saturated heterocycles. The van der Waals surface area contributed by atoms with E-state index in [0.29, 0.717) is 19.5 Å². The molecule has 0 radical (unpaired) electrons. The van der Waals surface area contributed by atoms with Gasteiger partial charge in [-0.1, -0.05) is 13.5 Å². The second-order valence-electron chi connectivity index (χ2n) is 2.95. The highest BCUT2D eigenvalue weighted by atomic mass is 16.2. The Bertz CT molecular complexity index is 238. The Kier molecular flexibility index (Phi) is 3.06. The first kappa shape index (κ1) is 9.77. The predicted molar refractivity (Wildman–Crippen MR) is 49.0 cm³/mol. The van der Waals surface area contributed by atoms with Gasteiger partial charge in [0.1, 0.15) is 6.04 Å². The zero-order chi connectivity index (χ0) is 9.84. The van der Waals surface area contributed by atoms with Gasteiger partial charge in [0, 0.05) is 13.1 Å². The van der Waals surface area contributed by atoms with Crippen LogP contribution >= 0.6 is 0 Å². The van der Waals surface area contributed by atoms with Crippen molar-refractivity contribution in [3.05, 3.63) is 12.7 Å². The fourth-order valence-electron chi connectivity index (χ4n) is 1.50. The molecule has 0 bridgehead atoms. The van der Waals surface area contributed by atoms with E-state index in [9.17, 15) is 9.59 Å². The summed E-state index contributed by atoms with van der Waals surface area (Å²) in [6.07, 6.45) is 1.90. The van der Waals surface area contributed by atoms with Crippen molar-refractivity contribution in [2.75, 3.05) is 13.1 Å². The number of hydrogen-bond donors (Lipinski definition) is 1. The fraction of sp³-hybridized carbons (Fsp3) is 0.556. The molecule has 1 fully saturated rings. The third-order valence-corrected chi connectivity index (χ3v) is 2.18. The van der Waals surface area contributed by atoms with E-state index in [4.69, 9.17) is 0 Å². The normalized spacial score (nSPS) is 22.4. The lowest BCUT2D eigenvalue weighted by Crippen LogP contribution is -2.56. The first-order chi connectivity index (χ1) is 6.20. The SMILES string of the molecule is C=CC(=O)N1CCNC(=O)C1CC. The number of nitrogens with one attached hydrogen (secondary N) is 1. The van der Waals surface area contributed by atoms with E-state index in [0.717, 1.165) is 0 Å². The molecule has 4 nitrogen and oxygen atoms in total. The molecule has 0 saturated carbocycles. The summed E-state index contributed by atoms with van der Waals surface area (Å²) in [5.74, 6) is -0.231. The number of carbonyl (C=O) groups excluding carboxylic acids is 2. The van der Waals surface area contributed by atoms with Crippen molar-refractivity contribution in [1.29, 1.82) is 0 Å². The van der Waals surface area contributed by atoms with Crippen LogP contribution in [0.15, 0.2) is 12.7 Å². The molecule has 1 aliphatic rings. The van der Waals surface area contributed by atoms with Gasteiger partial charge in [0.05, 0.1) is 0 Å². The molecule has 1 unspecified atom stereocenters. The molecule has 0 aromatic carbocycles. The average Bonchev–Trinajstić information content (AvgIpc) is 2.16. The molecule has 1 rings (SSSR count). The summed E-state index contributed by atoms with van der Waals surface area (Å²) >= 11 is 0. The highest BCUT2D eigenvalue weighted by Gasteiger charge is 2.29. The molecular formula is C9H14N2O2. The number of amides is 2. The Morgan fingerprint density at radius 1 is 1.85 bits per heavy atom. The van der Waals surface area contributed by atoms with E-state index in [-0.39, 0.29) is 17.9 Å². The van der Waals surface area contributed by atoms with Gasteiger partial charge in [-0.15, -0.1) is 0 Å². The number of hydrogen-bond acceptors (Lipinski definition) is 2. The van der Waals surface area contributed by atoms with Crippen LogP contribution in [0.1, 0.15) is 13.3 Å².